The van der Waals surface area contributed by atoms with Crippen LogP contribution in [0.25, 0.3) is 11.1 Å². The van der Waals surface area contributed by atoms with Gasteiger partial charge in [-0.3, -0.25) is 4.79 Å². The van der Waals surface area contributed by atoms with Crippen molar-refractivity contribution in [1.29, 1.82) is 0 Å². The van der Waals surface area contributed by atoms with E-state index in [2.05, 4.69) is 5.32 Å². The first kappa shape index (κ1) is 22.8. The number of hydrogen-bond acceptors (Lipinski definition) is 5. The molecule has 0 spiro atoms. The molecule has 0 bridgehead atoms. The summed E-state index contributed by atoms with van der Waals surface area (Å²) in [6.07, 6.45) is 0.716. The van der Waals surface area contributed by atoms with Crippen molar-refractivity contribution in [3.05, 3.63) is 69.8 Å². The minimum Gasteiger partial charge on any atom is -0.494 e. The molecular weight excluding hydrogens is 441 g/mol. The Kier molecular flexibility index (Phi) is 7.65. The fourth-order valence-corrected chi connectivity index (χ4v) is 4.24. The number of aryl methyl sites for hydroxylation is 1. The Hall–Kier alpha value is -2.90. The number of thiophene rings is 1. The quantitative estimate of drug-likeness (QED) is 0.325. The van der Waals surface area contributed by atoms with Gasteiger partial charge in [-0.05, 0) is 55.3 Å². The van der Waals surface area contributed by atoms with Crippen LogP contribution in [0.2, 0.25) is 5.02 Å². The molecule has 1 amide bonds. The normalized spacial score (nSPS) is 10.6. The lowest BCUT2D eigenvalue weighted by Gasteiger charge is -2.09. The first-order chi connectivity index (χ1) is 14.9. The summed E-state index contributed by atoms with van der Waals surface area (Å²) in [4.78, 5) is 25.7. The second kappa shape index (κ2) is 10.4. The van der Waals surface area contributed by atoms with Crippen LogP contribution >= 0.6 is 22.9 Å². The van der Waals surface area contributed by atoms with Crippen molar-refractivity contribution >= 4 is 39.8 Å². The fraction of sp³-hybridized carbons (Fsp3) is 0.217. The number of carbonyl (C=O) groups excluding carboxylic acids is 2. The van der Waals surface area contributed by atoms with Gasteiger partial charge in [0.1, 0.15) is 22.1 Å². The molecule has 162 valence electrons. The molecule has 0 saturated carbocycles. The van der Waals surface area contributed by atoms with E-state index >= 15 is 0 Å². The maximum Gasteiger partial charge on any atom is 0.341 e. The molecule has 0 fully saturated rings. The predicted molar refractivity (Wildman–Crippen MR) is 121 cm³/mol. The minimum atomic E-state index is -0.565. The first-order valence-electron chi connectivity index (χ1n) is 9.55. The number of anilines is 1. The van der Waals surface area contributed by atoms with Crippen molar-refractivity contribution in [1.82, 2.24) is 0 Å². The van der Waals surface area contributed by atoms with Crippen LogP contribution in [0.15, 0.2) is 48.5 Å². The van der Waals surface area contributed by atoms with Crippen LogP contribution in [0.1, 0.15) is 28.1 Å². The molecule has 0 unspecified atom stereocenters. The van der Waals surface area contributed by atoms with Gasteiger partial charge in [-0.1, -0.05) is 23.7 Å². The highest BCUT2D eigenvalue weighted by Gasteiger charge is 2.25. The Morgan fingerprint density at radius 2 is 1.77 bits per heavy atom. The second-order valence-corrected chi connectivity index (χ2v) is 8.35. The van der Waals surface area contributed by atoms with E-state index in [0.717, 1.165) is 4.88 Å². The maximum atomic E-state index is 13.3. The van der Waals surface area contributed by atoms with Crippen molar-refractivity contribution < 1.29 is 23.5 Å². The zero-order valence-electron chi connectivity index (χ0n) is 17.0. The van der Waals surface area contributed by atoms with Crippen LogP contribution in [0.4, 0.5) is 9.39 Å². The summed E-state index contributed by atoms with van der Waals surface area (Å²) in [5, 5.41) is 3.84. The topological polar surface area (TPSA) is 64.6 Å². The lowest BCUT2D eigenvalue weighted by atomic mass is 10.0. The van der Waals surface area contributed by atoms with Crippen LogP contribution in [-0.4, -0.2) is 25.6 Å². The van der Waals surface area contributed by atoms with E-state index in [1.807, 2.05) is 6.92 Å². The molecule has 2 aromatic carbocycles. The third kappa shape index (κ3) is 5.83. The Bertz CT molecular complexity index is 1060. The Morgan fingerprint density at radius 3 is 2.42 bits per heavy atom. The zero-order chi connectivity index (χ0) is 22.4. The lowest BCUT2D eigenvalue weighted by molar-refractivity contribution is -0.116. The number of amides is 1. The number of esters is 1. The van der Waals surface area contributed by atoms with E-state index in [9.17, 15) is 14.0 Å². The maximum absolute atomic E-state index is 13.3. The number of benzene rings is 2. The number of halogens is 2. The first-order valence-corrected chi connectivity index (χ1v) is 10.7. The van der Waals surface area contributed by atoms with Gasteiger partial charge in [-0.25, -0.2) is 9.18 Å². The zero-order valence-corrected chi connectivity index (χ0v) is 18.6. The summed E-state index contributed by atoms with van der Waals surface area (Å²) in [6.45, 7) is 2.20. The van der Waals surface area contributed by atoms with Crippen LogP contribution in [0, 0.1) is 12.7 Å². The van der Waals surface area contributed by atoms with E-state index in [1.54, 1.807) is 36.4 Å². The van der Waals surface area contributed by atoms with Crippen LogP contribution in [-0.2, 0) is 9.53 Å². The number of carbonyl (C=O) groups is 2. The van der Waals surface area contributed by atoms with Crippen LogP contribution in [0.5, 0.6) is 5.75 Å². The molecule has 1 N–H and O–H groups in total. The van der Waals surface area contributed by atoms with Gasteiger partial charge in [0, 0.05) is 21.9 Å². The third-order valence-corrected chi connectivity index (χ3v) is 5.76. The number of ether oxygens (including phenoxy) is 2. The molecule has 0 aliphatic rings. The SMILES string of the molecule is COC(=O)c1c(NC(=O)CCCOc2ccc(Cl)cc2)sc(C)c1-c1ccc(F)cc1. The number of rotatable bonds is 8. The van der Waals surface area contributed by atoms with Crippen molar-refractivity contribution in [2.24, 2.45) is 0 Å². The molecule has 3 aromatic rings. The molecule has 0 aliphatic carbocycles. The molecule has 0 radical (unpaired) electrons. The lowest BCUT2D eigenvalue weighted by Crippen LogP contribution is -2.14. The average molecular weight is 462 g/mol. The van der Waals surface area contributed by atoms with Gasteiger partial charge in [0.2, 0.25) is 5.91 Å². The largest absolute Gasteiger partial charge is 0.494 e. The molecule has 3 rings (SSSR count). The molecule has 1 aromatic heterocycles. The van der Waals surface area contributed by atoms with E-state index in [-0.39, 0.29) is 23.7 Å². The minimum absolute atomic E-state index is 0.219. The molecule has 31 heavy (non-hydrogen) atoms. The summed E-state index contributed by atoms with van der Waals surface area (Å²) in [7, 11) is 1.28. The van der Waals surface area contributed by atoms with Gasteiger partial charge in [-0.2, -0.15) is 0 Å². The van der Waals surface area contributed by atoms with Crippen LogP contribution in [0.3, 0.4) is 0 Å². The fourth-order valence-electron chi connectivity index (χ4n) is 3.04. The summed E-state index contributed by atoms with van der Waals surface area (Å²) in [6, 6.07) is 12.8. The number of nitrogens with one attached hydrogen (secondary N) is 1. The van der Waals surface area contributed by atoms with Gasteiger partial charge in [0.15, 0.2) is 0 Å². The predicted octanol–water partition coefficient (Wildman–Crippen LogP) is 6.10. The molecule has 0 aliphatic heterocycles. The monoisotopic (exact) mass is 461 g/mol. The van der Waals surface area contributed by atoms with E-state index in [0.29, 0.717) is 39.9 Å². The summed E-state index contributed by atoms with van der Waals surface area (Å²) < 4.78 is 23.8. The summed E-state index contributed by atoms with van der Waals surface area (Å²) >= 11 is 7.12. The van der Waals surface area contributed by atoms with Gasteiger partial charge in [0.25, 0.3) is 0 Å². The van der Waals surface area contributed by atoms with Crippen molar-refractivity contribution in [3.8, 4) is 16.9 Å². The van der Waals surface area contributed by atoms with E-state index in [4.69, 9.17) is 21.1 Å². The number of methoxy groups -OCH3 is 1. The highest BCUT2D eigenvalue weighted by Crippen LogP contribution is 2.40. The van der Waals surface area contributed by atoms with Gasteiger partial charge in [-0.15, -0.1) is 11.3 Å². The third-order valence-electron chi connectivity index (χ3n) is 4.49. The Labute approximate surface area is 188 Å². The summed E-state index contributed by atoms with van der Waals surface area (Å²) in [5.41, 5.74) is 1.56. The van der Waals surface area contributed by atoms with Gasteiger partial charge >= 0.3 is 5.97 Å². The molecule has 0 saturated heterocycles. The van der Waals surface area contributed by atoms with Crippen molar-refractivity contribution in [3.63, 3.8) is 0 Å². The highest BCUT2D eigenvalue weighted by molar-refractivity contribution is 7.17. The van der Waals surface area contributed by atoms with E-state index in [1.165, 1.54) is 30.6 Å². The smallest absolute Gasteiger partial charge is 0.341 e. The van der Waals surface area contributed by atoms with Crippen molar-refractivity contribution in [2.45, 2.75) is 19.8 Å². The molecular formula is C23H21ClFNO4S. The van der Waals surface area contributed by atoms with Gasteiger partial charge in [0.05, 0.1) is 13.7 Å². The second-order valence-electron chi connectivity index (χ2n) is 6.69. The number of hydrogen-bond donors (Lipinski definition) is 1. The molecule has 5 nitrogen and oxygen atoms in total. The van der Waals surface area contributed by atoms with E-state index < -0.39 is 5.97 Å². The molecule has 0 atom stereocenters. The average Bonchev–Trinajstić information content (AvgIpc) is 3.08. The van der Waals surface area contributed by atoms with Crippen molar-refractivity contribution in [2.75, 3.05) is 19.0 Å². The molecule has 8 heteroatoms. The molecule has 1 heterocycles. The Morgan fingerprint density at radius 1 is 1.10 bits per heavy atom. The van der Waals surface area contributed by atoms with Gasteiger partial charge < -0.3 is 14.8 Å². The highest BCUT2D eigenvalue weighted by atomic mass is 35.5. The summed E-state index contributed by atoms with van der Waals surface area (Å²) in [5.74, 6) is -0.497. The standard InChI is InChI=1S/C23H21ClFNO4S/c1-14-20(15-5-9-17(25)10-6-15)21(23(28)29-2)22(31-14)26-19(27)4-3-13-30-18-11-7-16(24)8-12-18/h5-12H,3-4,13H2,1-2H3,(H,26,27). The Balaban J connectivity index is 1.68. The van der Waals surface area contributed by atoms with Crippen LogP contribution < -0.4 is 10.1 Å².